The first kappa shape index (κ1) is 5.77. The maximum absolute atomic E-state index is 2.35. The van der Waals surface area contributed by atoms with Gasteiger partial charge in [0.1, 0.15) is 0 Å². The second-order valence-corrected chi connectivity index (χ2v) is 6.31. The van der Waals surface area contributed by atoms with Gasteiger partial charge >= 0.3 is 65.3 Å². The molecule has 1 unspecified atom stereocenters. The average molecular weight is 232 g/mol. The third-order valence-corrected chi connectivity index (χ3v) is 4.93. The van der Waals surface area contributed by atoms with Crippen molar-refractivity contribution in [1.82, 2.24) is 0 Å². The van der Waals surface area contributed by atoms with Crippen molar-refractivity contribution in [2.45, 2.75) is 10.9 Å². The fraction of sp³-hybridized carbons (Fsp3) is 0.250. The van der Waals surface area contributed by atoms with E-state index in [4.69, 9.17) is 0 Å². The van der Waals surface area contributed by atoms with Gasteiger partial charge in [-0.15, -0.1) is 0 Å². The van der Waals surface area contributed by atoms with Gasteiger partial charge in [0.2, 0.25) is 0 Å². The van der Waals surface area contributed by atoms with Gasteiger partial charge in [0.05, 0.1) is 0 Å². The van der Waals surface area contributed by atoms with Crippen LogP contribution in [0, 0.1) is 0 Å². The van der Waals surface area contributed by atoms with E-state index in [1.807, 2.05) is 0 Å². The van der Waals surface area contributed by atoms with E-state index in [1.165, 1.54) is 0 Å². The summed E-state index contributed by atoms with van der Waals surface area (Å²) in [6.45, 7) is 2.26. The van der Waals surface area contributed by atoms with Crippen LogP contribution in [0.2, 0.25) is 3.97 Å². The molecular formula is C8H8Te. The predicted octanol–water partition coefficient (Wildman–Crippen LogP) is 1.89. The Morgan fingerprint density at radius 1 is 1.56 bits per heavy atom. The summed E-state index contributed by atoms with van der Waals surface area (Å²) in [7, 11) is 0. The Kier molecular flexibility index (Phi) is 1.29. The van der Waals surface area contributed by atoms with Crippen LogP contribution >= 0.6 is 0 Å². The first-order valence-corrected chi connectivity index (χ1v) is 5.61. The monoisotopic (exact) mass is 234 g/mol. The molecule has 9 heavy (non-hydrogen) atoms. The van der Waals surface area contributed by atoms with Crippen molar-refractivity contribution >= 4 is 20.9 Å². The topological polar surface area (TPSA) is 0 Å². The summed E-state index contributed by atoms with van der Waals surface area (Å²) in [5.74, 6) is 0. The maximum atomic E-state index is 2.35. The van der Waals surface area contributed by atoms with Crippen LogP contribution in [-0.2, 0) is 0 Å². The molecule has 2 rings (SSSR count). The second-order valence-electron chi connectivity index (χ2n) is 2.35. The standard InChI is InChI=1S/C8H8Te/c1-6-5-7-3-2-4-8(7)9-6/h2-5,8H,1H3. The molecule has 0 spiro atoms. The Bertz CT molecular complexity index is 218. The Labute approximate surface area is 65.4 Å². The van der Waals surface area contributed by atoms with Crippen LogP contribution in [-0.4, -0.2) is 20.9 Å². The van der Waals surface area contributed by atoms with Gasteiger partial charge in [0.15, 0.2) is 0 Å². The average Bonchev–Trinajstić information content (AvgIpc) is 2.22. The number of hydrogen-bond donors (Lipinski definition) is 0. The van der Waals surface area contributed by atoms with E-state index in [9.17, 15) is 0 Å². The van der Waals surface area contributed by atoms with Crippen LogP contribution in [0.15, 0.2) is 33.5 Å². The van der Waals surface area contributed by atoms with Gasteiger partial charge in [0, 0.05) is 0 Å². The van der Waals surface area contributed by atoms with E-state index in [1.54, 1.807) is 9.19 Å². The quantitative estimate of drug-likeness (QED) is 0.559. The molecule has 1 atom stereocenters. The molecule has 1 aliphatic carbocycles. The summed E-state index contributed by atoms with van der Waals surface area (Å²) >= 11 is 0.176. The Balaban J connectivity index is 2.35. The van der Waals surface area contributed by atoms with Crippen LogP contribution in [0.4, 0.5) is 0 Å². The van der Waals surface area contributed by atoms with Gasteiger partial charge in [-0.2, -0.15) is 0 Å². The zero-order valence-electron chi connectivity index (χ0n) is 5.29. The van der Waals surface area contributed by atoms with E-state index >= 15 is 0 Å². The molecule has 1 heteroatoms. The Morgan fingerprint density at radius 3 is 3.22 bits per heavy atom. The molecule has 0 nitrogen and oxygen atoms in total. The van der Waals surface area contributed by atoms with E-state index in [0.29, 0.717) is 0 Å². The molecule has 0 bridgehead atoms. The molecule has 1 aliphatic heterocycles. The van der Waals surface area contributed by atoms with Crippen molar-refractivity contribution in [2.24, 2.45) is 0 Å². The molecule has 0 amide bonds. The normalized spacial score (nSPS) is 30.1. The van der Waals surface area contributed by atoms with Gasteiger partial charge in [-0.3, -0.25) is 0 Å². The van der Waals surface area contributed by atoms with Gasteiger partial charge in [0.25, 0.3) is 0 Å². The SMILES string of the molecule is CC1=CC2=CC=CC2[Te]1. The molecule has 0 aromatic carbocycles. The number of rotatable bonds is 0. The van der Waals surface area contributed by atoms with E-state index in [-0.39, 0.29) is 20.9 Å². The van der Waals surface area contributed by atoms with Crippen molar-refractivity contribution < 1.29 is 0 Å². The number of hydrogen-bond acceptors (Lipinski definition) is 0. The molecular weight excluding hydrogens is 224 g/mol. The van der Waals surface area contributed by atoms with E-state index in [0.717, 1.165) is 3.97 Å². The van der Waals surface area contributed by atoms with Crippen molar-refractivity contribution in [3.63, 3.8) is 0 Å². The first-order valence-electron chi connectivity index (χ1n) is 3.09. The van der Waals surface area contributed by atoms with Gasteiger partial charge < -0.3 is 0 Å². The summed E-state index contributed by atoms with van der Waals surface area (Å²) in [5.41, 5.74) is 1.56. The zero-order chi connectivity index (χ0) is 6.27. The van der Waals surface area contributed by atoms with Crippen LogP contribution in [0.5, 0.6) is 0 Å². The fourth-order valence-electron chi connectivity index (χ4n) is 1.18. The predicted molar refractivity (Wildman–Crippen MR) is 40.5 cm³/mol. The molecule has 0 saturated heterocycles. The number of fused-ring (bicyclic) bond motifs is 1. The summed E-state index contributed by atoms with van der Waals surface area (Å²) in [6.07, 6.45) is 9.12. The Hall–Kier alpha value is 0.00961. The molecule has 46 valence electrons. The van der Waals surface area contributed by atoms with Crippen molar-refractivity contribution in [3.8, 4) is 0 Å². The van der Waals surface area contributed by atoms with Crippen molar-refractivity contribution in [2.75, 3.05) is 0 Å². The Morgan fingerprint density at radius 2 is 2.44 bits per heavy atom. The second kappa shape index (κ2) is 2.01. The molecule has 0 aromatic heterocycles. The van der Waals surface area contributed by atoms with Gasteiger partial charge in [-0.05, 0) is 0 Å². The van der Waals surface area contributed by atoms with E-state index in [2.05, 4.69) is 31.2 Å². The molecule has 2 aliphatic rings. The third-order valence-electron chi connectivity index (χ3n) is 1.59. The van der Waals surface area contributed by atoms with Crippen molar-refractivity contribution in [3.05, 3.63) is 33.5 Å². The molecule has 1 heterocycles. The summed E-state index contributed by atoms with van der Waals surface area (Å²) in [6, 6.07) is 0. The fourth-order valence-corrected chi connectivity index (χ4v) is 4.20. The molecule has 0 fully saturated rings. The minimum atomic E-state index is 0.176. The first-order chi connectivity index (χ1) is 4.36. The molecule has 0 N–H and O–H groups in total. The minimum absolute atomic E-state index is 0.176. The van der Waals surface area contributed by atoms with Gasteiger partial charge in [-0.1, -0.05) is 0 Å². The summed E-state index contributed by atoms with van der Waals surface area (Å²) < 4.78 is 2.52. The zero-order valence-corrected chi connectivity index (χ0v) is 7.63. The van der Waals surface area contributed by atoms with Gasteiger partial charge in [-0.25, -0.2) is 0 Å². The molecule has 0 aromatic rings. The third kappa shape index (κ3) is 0.892. The van der Waals surface area contributed by atoms with Crippen LogP contribution in [0.25, 0.3) is 0 Å². The molecule has 0 radical (unpaired) electrons. The van der Waals surface area contributed by atoms with Crippen LogP contribution < -0.4 is 0 Å². The van der Waals surface area contributed by atoms with E-state index < -0.39 is 0 Å². The molecule has 0 saturated carbocycles. The van der Waals surface area contributed by atoms with Crippen LogP contribution in [0.3, 0.4) is 0 Å². The summed E-state index contributed by atoms with van der Waals surface area (Å²) in [4.78, 5) is 0. The summed E-state index contributed by atoms with van der Waals surface area (Å²) in [5, 5.41) is 0. The van der Waals surface area contributed by atoms with Crippen molar-refractivity contribution in [1.29, 1.82) is 0 Å². The number of allylic oxidation sites excluding steroid dienone is 6. The van der Waals surface area contributed by atoms with Crippen LogP contribution in [0.1, 0.15) is 6.92 Å².